The van der Waals surface area contributed by atoms with E-state index in [0.717, 1.165) is 0 Å². The van der Waals surface area contributed by atoms with Crippen LogP contribution < -0.4 is 19.1 Å². The van der Waals surface area contributed by atoms with E-state index < -0.39 is 9.84 Å². The molecular weight excluding hydrogens is 458 g/mol. The van der Waals surface area contributed by atoms with Crippen molar-refractivity contribution in [3.63, 3.8) is 0 Å². The summed E-state index contributed by atoms with van der Waals surface area (Å²) in [4.78, 5) is 20.6. The van der Waals surface area contributed by atoms with Crippen LogP contribution in [-0.2, 0) is 14.6 Å². The standard InChI is InChI=1S/C24H27N3O6S/c1-26-11-12-27(10-9-23(26)28)24-18-13-20(32-3)21(33-4)14-19(18)25-15-22(24)34(29,30)17-7-5-16(31-2)6-8-17/h5-8,13-15H,9-12H2,1-4H3. The van der Waals surface area contributed by atoms with Crippen LogP contribution in [0.4, 0.5) is 5.69 Å². The summed E-state index contributed by atoms with van der Waals surface area (Å²) in [6.45, 7) is 1.32. The van der Waals surface area contributed by atoms with Crippen molar-refractivity contribution in [2.24, 2.45) is 0 Å². The molecule has 2 aromatic carbocycles. The number of ether oxygens (including phenoxy) is 3. The summed E-state index contributed by atoms with van der Waals surface area (Å²) in [6, 6.07) is 9.69. The number of pyridine rings is 1. The molecule has 1 aliphatic rings. The Bertz CT molecular complexity index is 1320. The molecule has 34 heavy (non-hydrogen) atoms. The second-order valence-electron chi connectivity index (χ2n) is 7.93. The second-order valence-corrected chi connectivity index (χ2v) is 9.84. The molecule has 9 nitrogen and oxygen atoms in total. The molecule has 180 valence electrons. The van der Waals surface area contributed by atoms with Crippen LogP contribution >= 0.6 is 0 Å². The van der Waals surface area contributed by atoms with Crippen LogP contribution in [0.1, 0.15) is 6.42 Å². The molecule has 0 aliphatic carbocycles. The number of sulfone groups is 1. The summed E-state index contributed by atoms with van der Waals surface area (Å²) >= 11 is 0. The van der Waals surface area contributed by atoms with Crippen LogP contribution in [0.2, 0.25) is 0 Å². The molecule has 10 heteroatoms. The lowest BCUT2D eigenvalue weighted by molar-refractivity contribution is -0.129. The molecule has 0 N–H and O–H groups in total. The molecule has 1 aliphatic heterocycles. The second kappa shape index (κ2) is 9.38. The highest BCUT2D eigenvalue weighted by molar-refractivity contribution is 7.91. The Balaban J connectivity index is 1.97. The molecule has 1 amide bonds. The smallest absolute Gasteiger partial charge is 0.224 e. The highest BCUT2D eigenvalue weighted by Gasteiger charge is 2.29. The first-order chi connectivity index (χ1) is 16.3. The van der Waals surface area contributed by atoms with Crippen LogP contribution in [0.5, 0.6) is 17.2 Å². The number of fused-ring (bicyclic) bond motifs is 1. The summed E-state index contributed by atoms with van der Waals surface area (Å²) in [5.74, 6) is 1.52. The zero-order chi connectivity index (χ0) is 24.5. The third kappa shape index (κ3) is 4.21. The van der Waals surface area contributed by atoms with Crippen molar-refractivity contribution in [1.29, 1.82) is 0 Å². The number of hydrogen-bond donors (Lipinski definition) is 0. The summed E-state index contributed by atoms with van der Waals surface area (Å²) in [6.07, 6.45) is 1.65. The fourth-order valence-corrected chi connectivity index (χ4v) is 5.48. The van der Waals surface area contributed by atoms with E-state index in [0.29, 0.717) is 53.5 Å². The number of anilines is 1. The maximum absolute atomic E-state index is 13.8. The molecule has 4 rings (SSSR count). The van der Waals surface area contributed by atoms with Crippen molar-refractivity contribution < 1.29 is 27.4 Å². The summed E-state index contributed by atoms with van der Waals surface area (Å²) in [7, 11) is 2.38. The van der Waals surface area contributed by atoms with Gasteiger partial charge in [0.15, 0.2) is 11.5 Å². The predicted octanol–water partition coefficient (Wildman–Crippen LogP) is 2.76. The zero-order valence-corrected chi connectivity index (χ0v) is 20.4. The highest BCUT2D eigenvalue weighted by Crippen LogP contribution is 2.41. The van der Waals surface area contributed by atoms with E-state index in [9.17, 15) is 13.2 Å². The van der Waals surface area contributed by atoms with Gasteiger partial charge in [-0.1, -0.05) is 0 Å². The number of amides is 1. The first kappa shape index (κ1) is 23.6. The number of likely N-dealkylation sites (N-methyl/N-ethyl adjacent to an activating group) is 1. The van der Waals surface area contributed by atoms with E-state index in [1.54, 1.807) is 36.2 Å². The first-order valence-corrected chi connectivity index (χ1v) is 12.2. The van der Waals surface area contributed by atoms with Crippen molar-refractivity contribution in [2.45, 2.75) is 16.2 Å². The molecule has 3 aromatic rings. The summed E-state index contributed by atoms with van der Waals surface area (Å²) in [5, 5.41) is 0.601. The molecule has 0 spiro atoms. The molecule has 1 fully saturated rings. The summed E-state index contributed by atoms with van der Waals surface area (Å²) in [5.41, 5.74) is 1.05. The Hall–Kier alpha value is -3.53. The van der Waals surface area contributed by atoms with Crippen LogP contribution in [0.25, 0.3) is 10.9 Å². The van der Waals surface area contributed by atoms with Gasteiger partial charge in [-0.25, -0.2) is 8.42 Å². The van der Waals surface area contributed by atoms with E-state index in [2.05, 4.69) is 4.98 Å². The molecule has 2 heterocycles. The maximum Gasteiger partial charge on any atom is 0.224 e. The van der Waals surface area contributed by atoms with E-state index in [1.807, 2.05) is 4.90 Å². The van der Waals surface area contributed by atoms with Gasteiger partial charge < -0.3 is 24.0 Å². The number of nitrogens with zero attached hydrogens (tertiary/aromatic N) is 3. The van der Waals surface area contributed by atoms with E-state index in [1.165, 1.54) is 39.7 Å². The Morgan fingerprint density at radius 3 is 2.24 bits per heavy atom. The van der Waals surface area contributed by atoms with Gasteiger partial charge in [0.05, 0.1) is 37.4 Å². The third-order valence-corrected chi connectivity index (χ3v) is 7.78. The lowest BCUT2D eigenvalue weighted by Crippen LogP contribution is -2.31. The number of aromatic nitrogens is 1. The van der Waals surface area contributed by atoms with Crippen LogP contribution in [-0.4, -0.2) is 72.2 Å². The number of methoxy groups -OCH3 is 3. The van der Waals surface area contributed by atoms with Gasteiger partial charge in [-0.15, -0.1) is 0 Å². The highest BCUT2D eigenvalue weighted by atomic mass is 32.2. The SMILES string of the molecule is COc1ccc(S(=O)(=O)c2cnc3cc(OC)c(OC)cc3c2N2CCC(=O)N(C)CC2)cc1. The van der Waals surface area contributed by atoms with Gasteiger partial charge in [0.25, 0.3) is 0 Å². The molecule has 0 unspecified atom stereocenters. The normalized spacial score (nSPS) is 14.8. The average Bonchev–Trinajstić information content (AvgIpc) is 3.02. The zero-order valence-electron chi connectivity index (χ0n) is 19.6. The largest absolute Gasteiger partial charge is 0.497 e. The Morgan fingerprint density at radius 2 is 1.59 bits per heavy atom. The Labute approximate surface area is 198 Å². The Morgan fingerprint density at radius 1 is 0.912 bits per heavy atom. The van der Waals surface area contributed by atoms with Gasteiger partial charge in [-0.2, -0.15) is 0 Å². The van der Waals surface area contributed by atoms with Crippen molar-refractivity contribution in [3.05, 3.63) is 42.6 Å². The van der Waals surface area contributed by atoms with Crippen LogP contribution in [0, 0.1) is 0 Å². The minimum Gasteiger partial charge on any atom is -0.497 e. The predicted molar refractivity (Wildman–Crippen MR) is 128 cm³/mol. The average molecular weight is 486 g/mol. The topological polar surface area (TPSA) is 98.3 Å². The monoisotopic (exact) mass is 485 g/mol. The minimum atomic E-state index is -3.94. The van der Waals surface area contributed by atoms with Crippen LogP contribution in [0.15, 0.2) is 52.4 Å². The number of carbonyl (C=O) groups excluding carboxylic acids is 1. The van der Waals surface area contributed by atoms with Gasteiger partial charge in [0.1, 0.15) is 10.6 Å². The quantitative estimate of drug-likeness (QED) is 0.526. The molecule has 1 saturated heterocycles. The summed E-state index contributed by atoms with van der Waals surface area (Å²) < 4.78 is 43.6. The number of carbonyl (C=O) groups is 1. The van der Waals surface area contributed by atoms with Gasteiger partial charge in [-0.3, -0.25) is 9.78 Å². The Kier molecular flexibility index (Phi) is 6.52. The molecule has 1 aromatic heterocycles. The van der Waals surface area contributed by atoms with Gasteiger partial charge in [-0.05, 0) is 30.3 Å². The fraction of sp³-hybridized carbons (Fsp3) is 0.333. The molecule has 0 bridgehead atoms. The molecular formula is C24H27N3O6S. The van der Waals surface area contributed by atoms with E-state index >= 15 is 0 Å². The molecule has 0 radical (unpaired) electrons. The lowest BCUT2D eigenvalue weighted by Gasteiger charge is -2.27. The van der Waals surface area contributed by atoms with E-state index in [4.69, 9.17) is 14.2 Å². The molecule has 0 atom stereocenters. The van der Waals surface area contributed by atoms with E-state index in [-0.39, 0.29) is 22.1 Å². The van der Waals surface area contributed by atoms with Crippen LogP contribution in [0.3, 0.4) is 0 Å². The fourth-order valence-electron chi connectivity index (χ4n) is 4.04. The lowest BCUT2D eigenvalue weighted by atomic mass is 10.1. The van der Waals surface area contributed by atoms with Crippen molar-refractivity contribution in [2.75, 3.05) is 52.9 Å². The number of hydrogen-bond acceptors (Lipinski definition) is 8. The number of benzene rings is 2. The van der Waals surface area contributed by atoms with Gasteiger partial charge in [0.2, 0.25) is 15.7 Å². The minimum absolute atomic E-state index is 0.0136. The maximum atomic E-state index is 13.8. The number of rotatable bonds is 6. The van der Waals surface area contributed by atoms with Gasteiger partial charge in [0, 0.05) is 50.8 Å². The van der Waals surface area contributed by atoms with Crippen molar-refractivity contribution in [3.8, 4) is 17.2 Å². The van der Waals surface area contributed by atoms with Crippen molar-refractivity contribution >= 4 is 32.3 Å². The van der Waals surface area contributed by atoms with Gasteiger partial charge >= 0.3 is 0 Å². The first-order valence-electron chi connectivity index (χ1n) is 10.7. The molecule has 0 saturated carbocycles. The van der Waals surface area contributed by atoms with Crippen molar-refractivity contribution in [1.82, 2.24) is 9.88 Å². The third-order valence-electron chi connectivity index (χ3n) is 6.01.